The molecular formula is C12H22N2O2. The number of rotatable bonds is 3. The van der Waals surface area contributed by atoms with Crippen LogP contribution in [-0.4, -0.2) is 42.3 Å². The van der Waals surface area contributed by atoms with Crippen molar-refractivity contribution in [3.05, 3.63) is 0 Å². The first-order valence-electron chi connectivity index (χ1n) is 6.40. The Kier molecular flexibility index (Phi) is 3.82. The Hall–Kier alpha value is -0.610. The van der Waals surface area contributed by atoms with Gasteiger partial charge in [-0.05, 0) is 26.2 Å². The Labute approximate surface area is 97.3 Å². The molecule has 0 aromatic rings. The van der Waals surface area contributed by atoms with E-state index >= 15 is 0 Å². The lowest BCUT2D eigenvalue weighted by Crippen LogP contribution is -2.45. The van der Waals surface area contributed by atoms with Gasteiger partial charge in [0.05, 0.1) is 12.2 Å². The monoisotopic (exact) mass is 226 g/mol. The first-order valence-corrected chi connectivity index (χ1v) is 6.40. The third-order valence-electron chi connectivity index (χ3n) is 3.57. The van der Waals surface area contributed by atoms with E-state index in [1.807, 2.05) is 4.90 Å². The largest absolute Gasteiger partial charge is 0.381 e. The third kappa shape index (κ3) is 2.23. The van der Waals surface area contributed by atoms with E-state index in [0.717, 1.165) is 38.9 Å². The van der Waals surface area contributed by atoms with Crippen molar-refractivity contribution in [1.82, 2.24) is 10.2 Å². The Bertz CT molecular complexity index is 251. The van der Waals surface area contributed by atoms with Gasteiger partial charge in [-0.15, -0.1) is 0 Å². The van der Waals surface area contributed by atoms with Gasteiger partial charge in [0.1, 0.15) is 0 Å². The molecule has 0 saturated carbocycles. The second-order valence-electron chi connectivity index (χ2n) is 4.77. The van der Waals surface area contributed by atoms with E-state index in [-0.39, 0.29) is 12.2 Å². The Morgan fingerprint density at radius 1 is 1.44 bits per heavy atom. The van der Waals surface area contributed by atoms with E-state index in [1.165, 1.54) is 0 Å². The van der Waals surface area contributed by atoms with E-state index in [4.69, 9.17) is 4.74 Å². The highest BCUT2D eigenvalue weighted by molar-refractivity contribution is 5.84. The molecule has 0 aromatic heterocycles. The molecule has 4 heteroatoms. The van der Waals surface area contributed by atoms with Gasteiger partial charge in [0.2, 0.25) is 5.91 Å². The van der Waals surface area contributed by atoms with E-state index in [9.17, 15) is 4.79 Å². The fourth-order valence-electron chi connectivity index (χ4n) is 2.77. The smallest absolute Gasteiger partial charge is 0.241 e. The first-order chi connectivity index (χ1) is 7.74. The first kappa shape index (κ1) is 11.9. The van der Waals surface area contributed by atoms with Gasteiger partial charge in [0.25, 0.3) is 0 Å². The summed E-state index contributed by atoms with van der Waals surface area (Å²) in [4.78, 5) is 14.3. The van der Waals surface area contributed by atoms with Crippen LogP contribution in [0.4, 0.5) is 0 Å². The molecule has 2 heterocycles. The molecule has 0 bridgehead atoms. The third-order valence-corrected chi connectivity index (χ3v) is 3.57. The minimum Gasteiger partial charge on any atom is -0.381 e. The van der Waals surface area contributed by atoms with Crippen LogP contribution < -0.4 is 5.32 Å². The molecule has 2 rings (SSSR count). The zero-order valence-corrected chi connectivity index (χ0v) is 10.2. The van der Waals surface area contributed by atoms with Crippen LogP contribution in [-0.2, 0) is 9.53 Å². The molecule has 2 aliphatic heterocycles. The quantitative estimate of drug-likeness (QED) is 0.784. The van der Waals surface area contributed by atoms with E-state index in [2.05, 4.69) is 19.2 Å². The molecule has 2 unspecified atom stereocenters. The zero-order valence-electron chi connectivity index (χ0n) is 10.2. The van der Waals surface area contributed by atoms with Gasteiger partial charge in [-0.25, -0.2) is 0 Å². The normalized spacial score (nSPS) is 32.4. The van der Waals surface area contributed by atoms with Crippen LogP contribution in [0.2, 0.25) is 0 Å². The predicted octanol–water partition coefficient (Wildman–Crippen LogP) is 1.11. The van der Waals surface area contributed by atoms with Crippen LogP contribution in [0.1, 0.15) is 39.5 Å². The van der Waals surface area contributed by atoms with Gasteiger partial charge in [0, 0.05) is 19.3 Å². The van der Waals surface area contributed by atoms with Crippen molar-refractivity contribution in [3.63, 3.8) is 0 Å². The van der Waals surface area contributed by atoms with Gasteiger partial charge >= 0.3 is 0 Å². The predicted molar refractivity (Wildman–Crippen MR) is 62.0 cm³/mol. The van der Waals surface area contributed by atoms with E-state index in [1.54, 1.807) is 0 Å². The molecule has 1 N–H and O–H groups in total. The average Bonchev–Trinajstić information content (AvgIpc) is 2.56. The van der Waals surface area contributed by atoms with Gasteiger partial charge in [0.15, 0.2) is 0 Å². The average molecular weight is 226 g/mol. The Morgan fingerprint density at radius 2 is 2.12 bits per heavy atom. The number of carbonyl (C=O) groups excluding carboxylic acids is 1. The van der Waals surface area contributed by atoms with Crippen molar-refractivity contribution in [2.24, 2.45) is 0 Å². The summed E-state index contributed by atoms with van der Waals surface area (Å²) in [5.41, 5.74) is 0. The van der Waals surface area contributed by atoms with E-state index in [0.29, 0.717) is 11.9 Å². The summed E-state index contributed by atoms with van der Waals surface area (Å²) in [6.45, 7) is 5.79. The van der Waals surface area contributed by atoms with Crippen molar-refractivity contribution < 1.29 is 9.53 Å². The summed E-state index contributed by atoms with van der Waals surface area (Å²) >= 11 is 0. The van der Waals surface area contributed by atoms with Crippen molar-refractivity contribution in [2.45, 2.75) is 57.8 Å². The number of nitrogens with one attached hydrogen (secondary N) is 1. The lowest BCUT2D eigenvalue weighted by Gasteiger charge is -2.33. The number of hydrogen-bond donors (Lipinski definition) is 1. The molecule has 0 aliphatic carbocycles. The summed E-state index contributed by atoms with van der Waals surface area (Å²) in [5, 5.41) is 3.39. The number of carbonyl (C=O) groups is 1. The summed E-state index contributed by atoms with van der Waals surface area (Å²) in [5.74, 6) is 0.293. The van der Waals surface area contributed by atoms with Crippen LogP contribution >= 0.6 is 0 Å². The van der Waals surface area contributed by atoms with Gasteiger partial charge in [-0.1, -0.05) is 13.3 Å². The number of amides is 1. The molecular weight excluding hydrogens is 204 g/mol. The van der Waals surface area contributed by atoms with Crippen LogP contribution in [0.25, 0.3) is 0 Å². The van der Waals surface area contributed by atoms with Gasteiger partial charge < -0.3 is 9.64 Å². The molecule has 2 saturated heterocycles. The maximum atomic E-state index is 12.2. The van der Waals surface area contributed by atoms with Crippen molar-refractivity contribution in [2.75, 3.05) is 13.2 Å². The van der Waals surface area contributed by atoms with Gasteiger partial charge in [-0.3, -0.25) is 10.1 Å². The molecule has 2 atom stereocenters. The summed E-state index contributed by atoms with van der Waals surface area (Å²) in [6.07, 6.45) is 4.15. The number of nitrogens with zero attached hydrogens (tertiary/aromatic N) is 1. The summed E-state index contributed by atoms with van der Waals surface area (Å²) in [6, 6.07) is 0.424. The molecule has 2 fully saturated rings. The summed E-state index contributed by atoms with van der Waals surface area (Å²) in [7, 11) is 0. The highest BCUT2D eigenvalue weighted by Crippen LogP contribution is 2.23. The Balaban J connectivity index is 2.00. The molecule has 0 radical (unpaired) electrons. The maximum Gasteiger partial charge on any atom is 0.241 e. The molecule has 4 nitrogen and oxygen atoms in total. The summed E-state index contributed by atoms with van der Waals surface area (Å²) < 4.78 is 5.35. The Morgan fingerprint density at radius 3 is 2.75 bits per heavy atom. The van der Waals surface area contributed by atoms with Crippen LogP contribution in [0, 0.1) is 0 Å². The SMILES string of the molecule is CCCC1NC(C)N(C2CCOCC2)C1=O. The second kappa shape index (κ2) is 5.15. The fraction of sp³-hybridized carbons (Fsp3) is 0.917. The molecule has 1 amide bonds. The minimum atomic E-state index is 0.0443. The molecule has 2 aliphatic rings. The van der Waals surface area contributed by atoms with Gasteiger partial charge in [-0.2, -0.15) is 0 Å². The number of hydrogen-bond acceptors (Lipinski definition) is 3. The van der Waals surface area contributed by atoms with Crippen molar-refractivity contribution in [1.29, 1.82) is 0 Å². The highest BCUT2D eigenvalue weighted by atomic mass is 16.5. The number of ether oxygens (including phenoxy) is 1. The van der Waals surface area contributed by atoms with Crippen LogP contribution in [0.5, 0.6) is 0 Å². The maximum absolute atomic E-state index is 12.2. The van der Waals surface area contributed by atoms with E-state index < -0.39 is 0 Å². The second-order valence-corrected chi connectivity index (χ2v) is 4.77. The lowest BCUT2D eigenvalue weighted by atomic mass is 10.1. The topological polar surface area (TPSA) is 41.6 Å². The van der Waals surface area contributed by atoms with Crippen molar-refractivity contribution in [3.8, 4) is 0 Å². The standard InChI is InChI=1S/C12H22N2O2/c1-3-4-11-12(15)14(9(2)13-11)10-5-7-16-8-6-10/h9-11,13H,3-8H2,1-2H3. The van der Waals surface area contributed by atoms with Crippen LogP contribution in [0.3, 0.4) is 0 Å². The minimum absolute atomic E-state index is 0.0443. The zero-order chi connectivity index (χ0) is 11.5. The van der Waals surface area contributed by atoms with Crippen LogP contribution in [0.15, 0.2) is 0 Å². The molecule has 92 valence electrons. The highest BCUT2D eigenvalue weighted by Gasteiger charge is 2.39. The fourth-order valence-corrected chi connectivity index (χ4v) is 2.77. The molecule has 16 heavy (non-hydrogen) atoms. The lowest BCUT2D eigenvalue weighted by molar-refractivity contribution is -0.134. The molecule has 0 spiro atoms. The van der Waals surface area contributed by atoms with Crippen molar-refractivity contribution >= 4 is 5.91 Å². The molecule has 0 aromatic carbocycles.